The molecule has 2 aromatic rings. The Labute approximate surface area is 140 Å². The van der Waals surface area contributed by atoms with Crippen molar-refractivity contribution in [2.75, 3.05) is 34.7 Å². The third kappa shape index (κ3) is 5.13. The molecule has 0 bridgehead atoms. The standard InChI is InChI=1S/C20H27N3/c1-22(2)20(23(3)4)21-16-19(18-13-9-6-10-14-18)15-17-11-7-5-8-12-17/h5-14,19H,15-16H2,1-4H3. The van der Waals surface area contributed by atoms with Crippen molar-refractivity contribution in [3.8, 4) is 0 Å². The highest BCUT2D eigenvalue weighted by Crippen LogP contribution is 2.21. The van der Waals surface area contributed by atoms with Crippen molar-refractivity contribution in [2.24, 2.45) is 4.99 Å². The summed E-state index contributed by atoms with van der Waals surface area (Å²) in [5, 5.41) is 0. The van der Waals surface area contributed by atoms with Crippen molar-refractivity contribution in [2.45, 2.75) is 12.3 Å². The molecule has 0 aliphatic rings. The molecule has 0 N–H and O–H groups in total. The molecule has 2 aromatic carbocycles. The Morgan fingerprint density at radius 2 is 1.35 bits per heavy atom. The van der Waals surface area contributed by atoms with E-state index in [1.54, 1.807) is 0 Å². The molecule has 2 rings (SSSR count). The lowest BCUT2D eigenvalue weighted by Gasteiger charge is -2.24. The van der Waals surface area contributed by atoms with Gasteiger partial charge in [-0.2, -0.15) is 0 Å². The largest absolute Gasteiger partial charge is 0.349 e. The second-order valence-electron chi connectivity index (χ2n) is 6.23. The zero-order chi connectivity index (χ0) is 16.7. The van der Waals surface area contributed by atoms with Crippen LogP contribution in [0.4, 0.5) is 0 Å². The minimum absolute atomic E-state index is 0.383. The lowest BCUT2D eigenvalue weighted by Crippen LogP contribution is -2.35. The third-order valence-corrected chi connectivity index (χ3v) is 3.85. The maximum Gasteiger partial charge on any atom is 0.195 e. The number of benzene rings is 2. The van der Waals surface area contributed by atoms with Gasteiger partial charge in [0, 0.05) is 40.7 Å². The highest BCUT2D eigenvalue weighted by atomic mass is 15.3. The minimum Gasteiger partial charge on any atom is -0.349 e. The lowest BCUT2D eigenvalue weighted by atomic mass is 9.92. The Balaban J connectivity index is 2.22. The van der Waals surface area contributed by atoms with Gasteiger partial charge in [0.1, 0.15) is 0 Å². The van der Waals surface area contributed by atoms with Crippen LogP contribution in [-0.2, 0) is 6.42 Å². The van der Waals surface area contributed by atoms with E-state index in [0.29, 0.717) is 5.92 Å². The molecule has 0 spiro atoms. The fraction of sp³-hybridized carbons (Fsp3) is 0.350. The maximum atomic E-state index is 4.86. The van der Waals surface area contributed by atoms with Gasteiger partial charge in [-0.15, -0.1) is 0 Å². The van der Waals surface area contributed by atoms with Gasteiger partial charge in [-0.05, 0) is 17.5 Å². The van der Waals surface area contributed by atoms with Crippen LogP contribution in [0.25, 0.3) is 0 Å². The number of rotatable bonds is 5. The summed E-state index contributed by atoms with van der Waals surface area (Å²) < 4.78 is 0. The monoisotopic (exact) mass is 309 g/mol. The topological polar surface area (TPSA) is 18.8 Å². The van der Waals surface area contributed by atoms with Crippen LogP contribution in [0.15, 0.2) is 65.7 Å². The van der Waals surface area contributed by atoms with Crippen LogP contribution in [0.5, 0.6) is 0 Å². The fourth-order valence-electron chi connectivity index (χ4n) is 2.79. The summed E-state index contributed by atoms with van der Waals surface area (Å²) in [5.41, 5.74) is 2.70. The summed E-state index contributed by atoms with van der Waals surface area (Å²) >= 11 is 0. The van der Waals surface area contributed by atoms with E-state index in [4.69, 9.17) is 4.99 Å². The first kappa shape index (κ1) is 17.1. The Bertz CT molecular complexity index is 593. The second kappa shape index (κ2) is 8.37. The molecule has 0 aromatic heterocycles. The van der Waals surface area contributed by atoms with Crippen LogP contribution < -0.4 is 0 Å². The van der Waals surface area contributed by atoms with Gasteiger partial charge in [0.15, 0.2) is 5.96 Å². The van der Waals surface area contributed by atoms with E-state index in [1.807, 2.05) is 28.2 Å². The first-order valence-electron chi connectivity index (χ1n) is 8.06. The van der Waals surface area contributed by atoms with Crippen LogP contribution in [-0.4, -0.2) is 50.5 Å². The predicted octanol–water partition coefficient (Wildman–Crippen LogP) is 3.49. The van der Waals surface area contributed by atoms with Crippen molar-refractivity contribution in [3.05, 3.63) is 71.8 Å². The number of aliphatic imine (C=N–C) groups is 1. The van der Waals surface area contributed by atoms with Gasteiger partial charge in [-0.1, -0.05) is 60.7 Å². The van der Waals surface area contributed by atoms with Crippen LogP contribution in [0.1, 0.15) is 17.0 Å². The fourth-order valence-corrected chi connectivity index (χ4v) is 2.79. The normalized spacial score (nSPS) is 11.7. The zero-order valence-electron chi connectivity index (χ0n) is 14.6. The van der Waals surface area contributed by atoms with Gasteiger partial charge < -0.3 is 9.80 Å². The summed E-state index contributed by atoms with van der Waals surface area (Å²) in [5.74, 6) is 1.38. The molecule has 0 radical (unpaired) electrons. The van der Waals surface area contributed by atoms with Gasteiger partial charge in [-0.25, -0.2) is 0 Å². The van der Waals surface area contributed by atoms with E-state index >= 15 is 0 Å². The minimum atomic E-state index is 0.383. The second-order valence-corrected chi connectivity index (χ2v) is 6.23. The smallest absolute Gasteiger partial charge is 0.195 e. The lowest BCUT2D eigenvalue weighted by molar-refractivity contribution is 0.476. The molecule has 3 heteroatoms. The van der Waals surface area contributed by atoms with Gasteiger partial charge in [0.05, 0.1) is 0 Å². The van der Waals surface area contributed by atoms with Crippen molar-refractivity contribution < 1.29 is 0 Å². The van der Waals surface area contributed by atoms with Gasteiger partial charge in [0.2, 0.25) is 0 Å². The molecule has 1 unspecified atom stereocenters. The molecule has 1 atom stereocenters. The SMILES string of the molecule is CN(C)C(=NCC(Cc1ccccc1)c1ccccc1)N(C)C. The van der Waals surface area contributed by atoms with E-state index in [2.05, 4.69) is 70.5 Å². The molecule has 0 saturated heterocycles. The van der Waals surface area contributed by atoms with Crippen molar-refractivity contribution in [3.63, 3.8) is 0 Å². The van der Waals surface area contributed by atoms with Crippen LogP contribution in [0, 0.1) is 0 Å². The Morgan fingerprint density at radius 1 is 0.826 bits per heavy atom. The third-order valence-electron chi connectivity index (χ3n) is 3.85. The van der Waals surface area contributed by atoms with E-state index < -0.39 is 0 Å². The number of hydrogen-bond donors (Lipinski definition) is 0. The molecule has 0 aliphatic heterocycles. The summed E-state index contributed by atoms with van der Waals surface area (Å²) in [6, 6.07) is 21.3. The predicted molar refractivity (Wildman–Crippen MR) is 99.0 cm³/mol. The quantitative estimate of drug-likeness (QED) is 0.622. The molecular weight excluding hydrogens is 282 g/mol. The molecule has 0 aliphatic carbocycles. The number of guanidine groups is 1. The molecule has 0 amide bonds. The molecular formula is C20H27N3. The van der Waals surface area contributed by atoms with Crippen LogP contribution in [0.2, 0.25) is 0 Å². The summed E-state index contributed by atoms with van der Waals surface area (Å²) in [4.78, 5) is 8.98. The number of hydrogen-bond acceptors (Lipinski definition) is 1. The van der Waals surface area contributed by atoms with E-state index in [1.165, 1.54) is 11.1 Å². The highest BCUT2D eigenvalue weighted by Gasteiger charge is 2.13. The summed E-state index contributed by atoms with van der Waals surface area (Å²) in [6.45, 7) is 0.782. The molecule has 122 valence electrons. The molecule has 0 fully saturated rings. The Kier molecular flexibility index (Phi) is 6.21. The van der Waals surface area contributed by atoms with E-state index in [0.717, 1.165) is 18.9 Å². The van der Waals surface area contributed by atoms with E-state index in [-0.39, 0.29) is 0 Å². The summed E-state index contributed by atoms with van der Waals surface area (Å²) in [7, 11) is 8.14. The van der Waals surface area contributed by atoms with Gasteiger partial charge >= 0.3 is 0 Å². The van der Waals surface area contributed by atoms with Crippen LogP contribution in [0.3, 0.4) is 0 Å². The van der Waals surface area contributed by atoms with Crippen molar-refractivity contribution >= 4 is 5.96 Å². The Hall–Kier alpha value is -2.29. The average molecular weight is 309 g/mol. The molecule has 23 heavy (non-hydrogen) atoms. The first-order chi connectivity index (χ1) is 11.1. The highest BCUT2D eigenvalue weighted by molar-refractivity contribution is 5.79. The van der Waals surface area contributed by atoms with E-state index in [9.17, 15) is 0 Å². The van der Waals surface area contributed by atoms with Crippen LogP contribution >= 0.6 is 0 Å². The maximum absolute atomic E-state index is 4.86. The van der Waals surface area contributed by atoms with Gasteiger partial charge in [0.25, 0.3) is 0 Å². The summed E-state index contributed by atoms with van der Waals surface area (Å²) in [6.07, 6.45) is 1.00. The molecule has 0 saturated carbocycles. The zero-order valence-corrected chi connectivity index (χ0v) is 14.6. The first-order valence-corrected chi connectivity index (χ1v) is 8.06. The van der Waals surface area contributed by atoms with Crippen molar-refractivity contribution in [1.29, 1.82) is 0 Å². The van der Waals surface area contributed by atoms with Gasteiger partial charge in [-0.3, -0.25) is 4.99 Å². The average Bonchev–Trinajstić information content (AvgIpc) is 2.55. The number of nitrogens with zero attached hydrogens (tertiary/aromatic N) is 3. The Morgan fingerprint density at radius 3 is 1.87 bits per heavy atom. The molecule has 3 nitrogen and oxygen atoms in total. The molecule has 0 heterocycles. The van der Waals surface area contributed by atoms with Crippen molar-refractivity contribution in [1.82, 2.24) is 9.80 Å².